The van der Waals surface area contributed by atoms with Crippen molar-refractivity contribution in [1.82, 2.24) is 0 Å². The molecule has 3 aromatic rings. The van der Waals surface area contributed by atoms with Crippen molar-refractivity contribution in [2.45, 2.75) is 20.3 Å². The van der Waals surface area contributed by atoms with Crippen molar-refractivity contribution in [3.8, 4) is 5.75 Å². The van der Waals surface area contributed by atoms with E-state index in [1.165, 1.54) is 0 Å². The molecule has 148 valence electrons. The molecule has 0 aliphatic rings. The topological polar surface area (TPSA) is 67.4 Å². The van der Waals surface area contributed by atoms with Crippen LogP contribution < -0.4 is 15.4 Å². The third-order valence-electron chi connectivity index (χ3n) is 4.27. The second-order valence-corrected chi connectivity index (χ2v) is 6.70. The average Bonchev–Trinajstić information content (AvgIpc) is 2.73. The fourth-order valence-corrected chi connectivity index (χ4v) is 2.82. The minimum Gasteiger partial charge on any atom is -0.493 e. The zero-order valence-corrected chi connectivity index (χ0v) is 16.6. The SMILES string of the molecule is CCCOc1ccccc1C(=O)Nc1ccc(NC(=O)c2cccc(C)c2)cc1. The molecule has 3 aromatic carbocycles. The predicted molar refractivity (Wildman–Crippen MR) is 116 cm³/mol. The van der Waals surface area contributed by atoms with Gasteiger partial charge in [0.05, 0.1) is 12.2 Å². The summed E-state index contributed by atoms with van der Waals surface area (Å²) in [5.41, 5.74) is 3.40. The Hall–Kier alpha value is -3.60. The van der Waals surface area contributed by atoms with Gasteiger partial charge in [0, 0.05) is 16.9 Å². The van der Waals surface area contributed by atoms with Gasteiger partial charge in [-0.15, -0.1) is 0 Å². The molecule has 0 aromatic heterocycles. The summed E-state index contributed by atoms with van der Waals surface area (Å²) >= 11 is 0. The molecule has 3 rings (SSSR count). The highest BCUT2D eigenvalue weighted by Gasteiger charge is 2.12. The van der Waals surface area contributed by atoms with Gasteiger partial charge in [-0.2, -0.15) is 0 Å². The maximum atomic E-state index is 12.6. The van der Waals surface area contributed by atoms with Crippen molar-refractivity contribution in [1.29, 1.82) is 0 Å². The summed E-state index contributed by atoms with van der Waals surface area (Å²) in [6.45, 7) is 4.52. The van der Waals surface area contributed by atoms with E-state index in [1.807, 2.05) is 38.1 Å². The van der Waals surface area contributed by atoms with E-state index in [9.17, 15) is 9.59 Å². The number of hydrogen-bond donors (Lipinski definition) is 2. The Kier molecular flexibility index (Phi) is 6.63. The van der Waals surface area contributed by atoms with Crippen LogP contribution in [0.4, 0.5) is 11.4 Å². The van der Waals surface area contributed by atoms with Gasteiger partial charge in [-0.25, -0.2) is 0 Å². The van der Waals surface area contributed by atoms with Gasteiger partial charge in [0.1, 0.15) is 5.75 Å². The van der Waals surface area contributed by atoms with Gasteiger partial charge in [0.2, 0.25) is 0 Å². The molecule has 2 amide bonds. The Labute approximate surface area is 170 Å². The predicted octanol–water partition coefficient (Wildman–Crippen LogP) is 5.29. The van der Waals surface area contributed by atoms with Crippen LogP contribution in [0.25, 0.3) is 0 Å². The highest BCUT2D eigenvalue weighted by Crippen LogP contribution is 2.21. The molecular formula is C24H24N2O3. The van der Waals surface area contributed by atoms with Gasteiger partial charge in [0.15, 0.2) is 0 Å². The Bertz CT molecular complexity index is 997. The van der Waals surface area contributed by atoms with Crippen LogP contribution >= 0.6 is 0 Å². The molecule has 5 heteroatoms. The van der Waals surface area contributed by atoms with Gasteiger partial charge >= 0.3 is 0 Å². The first-order valence-electron chi connectivity index (χ1n) is 9.58. The largest absolute Gasteiger partial charge is 0.493 e. The van der Waals surface area contributed by atoms with Gasteiger partial charge in [-0.3, -0.25) is 9.59 Å². The Balaban J connectivity index is 1.65. The van der Waals surface area contributed by atoms with E-state index in [2.05, 4.69) is 10.6 Å². The van der Waals surface area contributed by atoms with Crippen LogP contribution in [-0.4, -0.2) is 18.4 Å². The summed E-state index contributed by atoms with van der Waals surface area (Å²) in [6, 6.07) is 21.6. The molecule has 29 heavy (non-hydrogen) atoms. The highest BCUT2D eigenvalue weighted by atomic mass is 16.5. The first-order chi connectivity index (χ1) is 14.1. The Morgan fingerprint density at radius 1 is 0.828 bits per heavy atom. The summed E-state index contributed by atoms with van der Waals surface area (Å²) in [5, 5.41) is 5.72. The summed E-state index contributed by atoms with van der Waals surface area (Å²) < 4.78 is 5.65. The molecule has 0 aliphatic carbocycles. The van der Waals surface area contributed by atoms with Crippen molar-refractivity contribution in [2.24, 2.45) is 0 Å². The number of benzene rings is 3. The standard InChI is InChI=1S/C24H24N2O3/c1-3-15-29-22-10-5-4-9-21(22)24(28)26-20-13-11-19(12-14-20)25-23(27)18-8-6-7-17(2)16-18/h4-14,16H,3,15H2,1-2H3,(H,25,27)(H,26,28). The highest BCUT2D eigenvalue weighted by molar-refractivity contribution is 6.07. The quantitative estimate of drug-likeness (QED) is 0.578. The van der Waals surface area contributed by atoms with Crippen LogP contribution in [-0.2, 0) is 0 Å². The maximum absolute atomic E-state index is 12.6. The minimum atomic E-state index is -0.242. The van der Waals surface area contributed by atoms with E-state index in [0.717, 1.165) is 12.0 Å². The van der Waals surface area contributed by atoms with E-state index in [0.29, 0.717) is 34.9 Å². The number of carbonyl (C=O) groups is 2. The molecule has 0 spiro atoms. The van der Waals surface area contributed by atoms with Crippen molar-refractivity contribution in [3.63, 3.8) is 0 Å². The number of nitrogens with one attached hydrogen (secondary N) is 2. The summed E-state index contributed by atoms with van der Waals surface area (Å²) in [4.78, 5) is 25.0. The second kappa shape index (κ2) is 9.55. The molecule has 0 heterocycles. The third kappa shape index (κ3) is 5.45. The van der Waals surface area contributed by atoms with E-state index in [-0.39, 0.29) is 11.8 Å². The summed E-state index contributed by atoms with van der Waals surface area (Å²) in [5.74, 6) is 0.148. The number of hydrogen-bond acceptors (Lipinski definition) is 3. The van der Waals surface area contributed by atoms with Crippen molar-refractivity contribution in [3.05, 3.63) is 89.5 Å². The normalized spacial score (nSPS) is 10.3. The van der Waals surface area contributed by atoms with Gasteiger partial charge in [-0.1, -0.05) is 36.8 Å². The molecule has 0 bridgehead atoms. The Morgan fingerprint density at radius 3 is 2.14 bits per heavy atom. The lowest BCUT2D eigenvalue weighted by molar-refractivity contribution is 0.101. The first kappa shape index (κ1) is 20.1. The summed E-state index contributed by atoms with van der Waals surface area (Å²) in [7, 11) is 0. The number of rotatable bonds is 7. The first-order valence-corrected chi connectivity index (χ1v) is 9.58. The van der Waals surface area contributed by atoms with Crippen LogP contribution in [0.2, 0.25) is 0 Å². The van der Waals surface area contributed by atoms with Crippen LogP contribution in [0.3, 0.4) is 0 Å². The molecule has 5 nitrogen and oxygen atoms in total. The molecule has 0 radical (unpaired) electrons. The molecule has 0 saturated carbocycles. The van der Waals surface area contributed by atoms with E-state index in [4.69, 9.17) is 4.74 Å². The molecule has 0 atom stereocenters. The van der Waals surface area contributed by atoms with Crippen LogP contribution in [0.15, 0.2) is 72.8 Å². The van der Waals surface area contributed by atoms with Crippen molar-refractivity contribution >= 4 is 23.2 Å². The molecule has 0 fully saturated rings. The third-order valence-corrected chi connectivity index (χ3v) is 4.27. The lowest BCUT2D eigenvalue weighted by Gasteiger charge is -2.12. The van der Waals surface area contributed by atoms with E-state index >= 15 is 0 Å². The number of anilines is 2. The van der Waals surface area contributed by atoms with E-state index in [1.54, 1.807) is 48.5 Å². The number of ether oxygens (including phenoxy) is 1. The number of carbonyl (C=O) groups excluding carboxylic acids is 2. The second-order valence-electron chi connectivity index (χ2n) is 6.70. The van der Waals surface area contributed by atoms with Gasteiger partial charge in [-0.05, 0) is 61.9 Å². The smallest absolute Gasteiger partial charge is 0.259 e. The number of para-hydroxylation sites is 1. The molecular weight excluding hydrogens is 364 g/mol. The molecule has 2 N–H and O–H groups in total. The fourth-order valence-electron chi connectivity index (χ4n) is 2.82. The minimum absolute atomic E-state index is 0.174. The lowest BCUT2D eigenvalue weighted by Crippen LogP contribution is -2.14. The molecule has 0 aliphatic heterocycles. The summed E-state index contributed by atoms with van der Waals surface area (Å²) in [6.07, 6.45) is 0.867. The maximum Gasteiger partial charge on any atom is 0.259 e. The average molecular weight is 388 g/mol. The van der Waals surface area contributed by atoms with Gasteiger partial charge < -0.3 is 15.4 Å². The van der Waals surface area contributed by atoms with Crippen LogP contribution in [0.1, 0.15) is 39.6 Å². The number of aryl methyl sites for hydroxylation is 1. The van der Waals surface area contributed by atoms with Crippen LogP contribution in [0.5, 0.6) is 5.75 Å². The van der Waals surface area contributed by atoms with Crippen LogP contribution in [0, 0.1) is 6.92 Å². The fraction of sp³-hybridized carbons (Fsp3) is 0.167. The van der Waals surface area contributed by atoms with Crippen molar-refractivity contribution < 1.29 is 14.3 Å². The molecule has 0 saturated heterocycles. The van der Waals surface area contributed by atoms with Crippen molar-refractivity contribution in [2.75, 3.05) is 17.2 Å². The zero-order chi connectivity index (χ0) is 20.6. The zero-order valence-electron chi connectivity index (χ0n) is 16.6. The van der Waals surface area contributed by atoms with Gasteiger partial charge in [0.25, 0.3) is 11.8 Å². The van der Waals surface area contributed by atoms with E-state index < -0.39 is 0 Å². The number of amides is 2. The molecule has 0 unspecified atom stereocenters. The Morgan fingerprint density at radius 2 is 1.48 bits per heavy atom. The lowest BCUT2D eigenvalue weighted by atomic mass is 10.1. The monoisotopic (exact) mass is 388 g/mol.